The maximum Gasteiger partial charge on any atom is 0.344 e. The van der Waals surface area contributed by atoms with Gasteiger partial charge in [0.05, 0.1) is 32.9 Å². The van der Waals surface area contributed by atoms with E-state index in [1.807, 2.05) is 49.2 Å². The number of H-pyrrole nitrogens is 1. The molecule has 5 N–H and O–H groups in total. The molecule has 1 amide bonds. The van der Waals surface area contributed by atoms with Gasteiger partial charge in [-0.15, -0.1) is 0 Å². The highest BCUT2D eigenvalue weighted by molar-refractivity contribution is 5.96. The second-order valence-electron chi connectivity index (χ2n) is 20.3. The van der Waals surface area contributed by atoms with Gasteiger partial charge in [-0.1, -0.05) is 44.2 Å². The molecule has 6 aliphatic rings. The number of para-hydroxylation sites is 1. The van der Waals surface area contributed by atoms with E-state index in [-0.39, 0.29) is 17.9 Å². The lowest BCUT2D eigenvalue weighted by Crippen LogP contribution is -2.81. The molecule has 1 aliphatic carbocycles. The number of carbonyl (C=O) groups excluding carboxylic acids is 4. The number of rotatable bonds is 9. The highest BCUT2D eigenvalue weighted by atomic mass is 16.6. The first-order valence-electron chi connectivity index (χ1n) is 24.1. The quantitative estimate of drug-likeness (QED) is 0.0760. The largest absolute Gasteiger partial charge is 0.496 e. The molecule has 5 aliphatic heterocycles. The highest BCUT2D eigenvalue weighted by Crippen LogP contribution is 2.68. The van der Waals surface area contributed by atoms with Crippen LogP contribution in [0.4, 0.5) is 11.4 Å². The molecule has 10 atom stereocenters. The fourth-order valence-electron chi connectivity index (χ4n) is 14.7. The lowest BCUT2D eigenvalue weighted by molar-refractivity contribution is -0.228. The van der Waals surface area contributed by atoms with E-state index in [0.29, 0.717) is 93.8 Å². The van der Waals surface area contributed by atoms with Gasteiger partial charge < -0.3 is 49.9 Å². The first kappa shape index (κ1) is 45.9. The maximum absolute atomic E-state index is 15.7. The molecular formula is C53H64N6O9. The van der Waals surface area contributed by atoms with Gasteiger partial charge in [0.2, 0.25) is 5.60 Å². The molecule has 2 bridgehead atoms. The zero-order valence-corrected chi connectivity index (χ0v) is 40.1. The van der Waals surface area contributed by atoms with Crippen molar-refractivity contribution in [3.8, 4) is 5.75 Å². The number of anilines is 2. The van der Waals surface area contributed by atoms with Crippen molar-refractivity contribution in [3.63, 3.8) is 0 Å². The van der Waals surface area contributed by atoms with Crippen LogP contribution >= 0.6 is 0 Å². The number of nitrogens with two attached hydrogens (primary N) is 1. The Hall–Kier alpha value is -5.90. The van der Waals surface area contributed by atoms with Gasteiger partial charge in [-0.25, -0.2) is 4.79 Å². The molecule has 1 aromatic heterocycles. The number of nitrogens with zero attached hydrogens (tertiary/aromatic N) is 3. The average molecular weight is 929 g/mol. The molecular weight excluding hydrogens is 865 g/mol. The molecule has 15 nitrogen and oxygen atoms in total. The van der Waals surface area contributed by atoms with E-state index in [1.165, 1.54) is 21.1 Å². The number of hydrogen-bond acceptors (Lipinski definition) is 13. The van der Waals surface area contributed by atoms with Crippen molar-refractivity contribution < 1.29 is 43.2 Å². The minimum atomic E-state index is -2.33. The van der Waals surface area contributed by atoms with Crippen LogP contribution in [-0.4, -0.2) is 134 Å². The SMILES string of the molecule is CC[C@]1(NC(=O)c2ccc(N)cc2)C[C@H]2CN(CCc3c([nH]c4ccccc34)[C@@](C(=O)OC)(c3cc4c(cc3OC)N(C)[C@H]3[C@@](O)(C(=O)OC)[C@H](OC(C)=O)[C@]5(CC)C=CCN6CC[C@]43[C@@H]65)C2)C1. The number of aromatic amines is 1. The molecule has 15 heteroatoms. The van der Waals surface area contributed by atoms with Gasteiger partial charge in [0.15, 0.2) is 6.10 Å². The van der Waals surface area contributed by atoms with Crippen molar-refractivity contribution in [3.05, 3.63) is 101 Å². The molecule has 1 spiro atoms. The standard InChI is InChI=1S/C53H64N6O9/c1-8-49(56-43(61)33-15-17-34(54)18-16-33)27-32-28-52(47(62)66-6,42-36(19-23-58(29-32)30-49)35-13-10-11-14-39(35)55-42)38-25-37-40(26-41(38)65-5)57(4)45-51(37)21-24-59-22-12-20-50(9-2,44(51)59)46(68-31(3)60)53(45,64)48(63)67-7/h10-18,20,25-26,32,44-46,55,64H,8-9,19,21-24,27-30,54H2,1-7H3,(H,56,61)/t32-,44+,45-,46-,49+,50-,51-,52+,53+/m1/s1. The third kappa shape index (κ3) is 6.26. The van der Waals surface area contributed by atoms with Crippen LogP contribution in [0.3, 0.4) is 0 Å². The van der Waals surface area contributed by atoms with Crippen LogP contribution in [0.2, 0.25) is 0 Å². The third-order valence-corrected chi connectivity index (χ3v) is 17.2. The molecule has 10 rings (SSSR count). The van der Waals surface area contributed by atoms with Crippen LogP contribution < -0.4 is 20.7 Å². The topological polar surface area (TPSA) is 189 Å². The zero-order chi connectivity index (χ0) is 48.1. The molecule has 360 valence electrons. The lowest BCUT2D eigenvalue weighted by atomic mass is 9.47. The smallest absolute Gasteiger partial charge is 0.344 e. The van der Waals surface area contributed by atoms with E-state index in [0.717, 1.165) is 33.4 Å². The number of hydrogen-bond donors (Lipinski definition) is 4. The van der Waals surface area contributed by atoms with E-state index in [9.17, 15) is 19.5 Å². The van der Waals surface area contributed by atoms with Crippen molar-refractivity contribution in [2.45, 2.75) is 99.5 Å². The average Bonchev–Trinajstić information content (AvgIpc) is 4.00. The molecule has 1 saturated carbocycles. The molecule has 3 aromatic carbocycles. The molecule has 3 fully saturated rings. The van der Waals surface area contributed by atoms with E-state index in [1.54, 1.807) is 31.4 Å². The number of carbonyl (C=O) groups is 4. The number of nitrogens with one attached hydrogen (secondary N) is 2. The molecule has 0 radical (unpaired) electrons. The Bertz CT molecular complexity index is 2740. The summed E-state index contributed by atoms with van der Waals surface area (Å²) in [5.41, 5.74) is 5.48. The van der Waals surface area contributed by atoms with Crippen molar-refractivity contribution in [1.29, 1.82) is 0 Å². The van der Waals surface area contributed by atoms with Gasteiger partial charge >= 0.3 is 17.9 Å². The molecule has 6 heterocycles. The van der Waals surface area contributed by atoms with Gasteiger partial charge in [0.1, 0.15) is 11.2 Å². The van der Waals surface area contributed by atoms with Crippen molar-refractivity contribution in [1.82, 2.24) is 20.1 Å². The minimum Gasteiger partial charge on any atom is -0.496 e. The van der Waals surface area contributed by atoms with Crippen LogP contribution in [0.25, 0.3) is 10.9 Å². The van der Waals surface area contributed by atoms with Crippen LogP contribution in [0.15, 0.2) is 72.8 Å². The number of methoxy groups -OCH3 is 3. The summed E-state index contributed by atoms with van der Waals surface area (Å²) in [6.45, 7) is 8.67. The van der Waals surface area contributed by atoms with E-state index in [4.69, 9.17) is 24.7 Å². The molecule has 1 unspecified atom stereocenters. The lowest BCUT2D eigenvalue weighted by Gasteiger charge is -2.63. The van der Waals surface area contributed by atoms with Crippen molar-refractivity contribution >= 4 is 46.1 Å². The number of piperidine rings is 1. The Morgan fingerprint density at radius 2 is 1.68 bits per heavy atom. The summed E-state index contributed by atoms with van der Waals surface area (Å²) in [7, 11) is 6.15. The minimum absolute atomic E-state index is 0.139. The predicted molar refractivity (Wildman–Crippen MR) is 257 cm³/mol. The Balaban J connectivity index is 1.22. The highest BCUT2D eigenvalue weighted by Gasteiger charge is 2.80. The summed E-state index contributed by atoms with van der Waals surface area (Å²) in [6.07, 6.45) is 5.94. The van der Waals surface area contributed by atoms with E-state index >= 15 is 4.79 Å². The normalized spacial score (nSPS) is 33.5. The van der Waals surface area contributed by atoms with Gasteiger partial charge in [-0.05, 0) is 98.5 Å². The van der Waals surface area contributed by atoms with Crippen LogP contribution in [-0.2, 0) is 45.8 Å². The second kappa shape index (κ2) is 16.4. The molecule has 68 heavy (non-hydrogen) atoms. The summed E-state index contributed by atoms with van der Waals surface area (Å²) >= 11 is 0. The Morgan fingerprint density at radius 1 is 0.926 bits per heavy atom. The van der Waals surface area contributed by atoms with Crippen LogP contribution in [0, 0.1) is 11.3 Å². The number of nitrogen functional groups attached to an aromatic ring is 1. The number of benzene rings is 3. The maximum atomic E-state index is 15.7. The summed E-state index contributed by atoms with van der Waals surface area (Å²) in [5.74, 6) is -1.85. The first-order valence-corrected chi connectivity index (χ1v) is 24.1. The van der Waals surface area contributed by atoms with Crippen molar-refractivity contribution in [2.75, 3.05) is 71.7 Å². The molecule has 2 saturated heterocycles. The zero-order valence-electron chi connectivity index (χ0n) is 40.1. The van der Waals surface area contributed by atoms with E-state index < -0.39 is 57.4 Å². The number of aromatic nitrogens is 1. The Morgan fingerprint density at radius 3 is 2.37 bits per heavy atom. The van der Waals surface area contributed by atoms with Crippen LogP contribution in [0.1, 0.15) is 85.6 Å². The number of ether oxygens (including phenoxy) is 4. The number of aliphatic hydroxyl groups is 1. The molecule has 4 aromatic rings. The Labute approximate surface area is 397 Å². The van der Waals surface area contributed by atoms with Gasteiger partial charge in [-0.3, -0.25) is 19.3 Å². The van der Waals surface area contributed by atoms with Gasteiger partial charge in [0, 0.05) is 102 Å². The first-order chi connectivity index (χ1) is 32.6. The fraction of sp³-hybridized carbons (Fsp3) is 0.509. The van der Waals surface area contributed by atoms with E-state index in [2.05, 4.69) is 45.2 Å². The summed E-state index contributed by atoms with van der Waals surface area (Å²) in [5, 5.41) is 17.9. The monoisotopic (exact) mass is 928 g/mol. The number of esters is 3. The predicted octanol–water partition coefficient (Wildman–Crippen LogP) is 5.01. The summed E-state index contributed by atoms with van der Waals surface area (Å²) in [6, 6.07) is 17.8. The fourth-order valence-corrected chi connectivity index (χ4v) is 14.7. The van der Waals surface area contributed by atoms with Crippen LogP contribution in [0.5, 0.6) is 5.75 Å². The van der Waals surface area contributed by atoms with Crippen molar-refractivity contribution in [2.24, 2.45) is 11.3 Å². The second-order valence-corrected chi connectivity index (χ2v) is 20.3. The summed E-state index contributed by atoms with van der Waals surface area (Å²) in [4.78, 5) is 68.0. The Kier molecular flexibility index (Phi) is 11.0. The van der Waals surface area contributed by atoms with Gasteiger partial charge in [0.25, 0.3) is 5.91 Å². The third-order valence-electron chi connectivity index (χ3n) is 17.2. The number of amides is 1. The summed E-state index contributed by atoms with van der Waals surface area (Å²) < 4.78 is 24.2. The number of likely N-dealkylation sites (N-methyl/N-ethyl adjacent to an activating group) is 1. The van der Waals surface area contributed by atoms with Gasteiger partial charge in [-0.2, -0.15) is 0 Å². The number of fused-ring (bicyclic) bond motifs is 6.